The molecule has 9 aromatic carbocycles. The Balaban J connectivity index is 1.11. The van der Waals surface area contributed by atoms with Crippen LogP contribution >= 0.6 is 11.3 Å². The molecular weight excluding hydrogens is 779 g/mol. The second-order valence-electron chi connectivity index (χ2n) is 18.3. The fourth-order valence-electron chi connectivity index (χ4n) is 10.9. The second-order valence-corrected chi connectivity index (χ2v) is 19.4. The van der Waals surface area contributed by atoms with Gasteiger partial charge in [-0.15, -0.1) is 11.3 Å². The van der Waals surface area contributed by atoms with E-state index in [0.717, 1.165) is 17.1 Å². The average molecular weight is 828 g/mol. The highest BCUT2D eigenvalue weighted by Gasteiger charge is 2.36. The molecule has 12 rings (SSSR count). The Morgan fingerprint density at radius 3 is 1.94 bits per heavy atom. The Morgan fingerprint density at radius 2 is 1.10 bits per heavy atom. The van der Waals surface area contributed by atoms with Crippen molar-refractivity contribution in [2.75, 3.05) is 4.90 Å². The number of rotatable bonds is 7. The summed E-state index contributed by atoms with van der Waals surface area (Å²) in [6.07, 6.45) is 6.68. The Morgan fingerprint density at radius 1 is 0.429 bits per heavy atom. The summed E-state index contributed by atoms with van der Waals surface area (Å²) in [5, 5.41) is 5.08. The number of thiophene rings is 1. The first kappa shape index (κ1) is 38.0. The van der Waals surface area contributed by atoms with E-state index in [4.69, 9.17) is 0 Å². The van der Waals surface area contributed by atoms with Gasteiger partial charge in [0.25, 0.3) is 0 Å². The summed E-state index contributed by atoms with van der Waals surface area (Å²) < 4.78 is 2.63. The van der Waals surface area contributed by atoms with E-state index >= 15 is 0 Å². The fourth-order valence-corrected chi connectivity index (χ4v) is 12.1. The van der Waals surface area contributed by atoms with Gasteiger partial charge in [0.1, 0.15) is 0 Å². The zero-order valence-corrected chi connectivity index (χ0v) is 36.8. The predicted molar refractivity (Wildman–Crippen MR) is 271 cm³/mol. The Kier molecular flexibility index (Phi) is 9.20. The lowest BCUT2D eigenvalue weighted by atomic mass is 9.82. The van der Waals surface area contributed by atoms with Crippen LogP contribution in [0.3, 0.4) is 0 Å². The van der Waals surface area contributed by atoms with Gasteiger partial charge in [0.05, 0.1) is 11.4 Å². The van der Waals surface area contributed by atoms with Crippen LogP contribution in [0.2, 0.25) is 0 Å². The number of anilines is 3. The quantitative estimate of drug-likeness (QED) is 0.155. The third-order valence-corrected chi connectivity index (χ3v) is 15.4. The Bertz CT molecular complexity index is 3350. The number of benzene rings is 9. The molecule has 0 bridgehead atoms. The first-order valence-corrected chi connectivity index (χ1v) is 23.6. The summed E-state index contributed by atoms with van der Waals surface area (Å²) in [6.45, 7) is 4.74. The lowest BCUT2D eigenvalue weighted by Crippen LogP contribution is -2.16. The molecule has 0 spiro atoms. The van der Waals surface area contributed by atoms with Gasteiger partial charge in [0.15, 0.2) is 0 Å². The van der Waals surface area contributed by atoms with E-state index in [1.165, 1.54) is 124 Å². The molecule has 2 aliphatic carbocycles. The summed E-state index contributed by atoms with van der Waals surface area (Å²) >= 11 is 1.88. The van der Waals surface area contributed by atoms with Crippen molar-refractivity contribution in [3.05, 3.63) is 211 Å². The summed E-state index contributed by atoms with van der Waals surface area (Å²) in [5.41, 5.74) is 17.5. The van der Waals surface area contributed by atoms with Gasteiger partial charge in [-0.3, -0.25) is 0 Å². The van der Waals surface area contributed by atoms with Gasteiger partial charge in [-0.1, -0.05) is 179 Å². The largest absolute Gasteiger partial charge is 0.309 e. The molecule has 0 radical (unpaired) electrons. The van der Waals surface area contributed by atoms with Crippen LogP contribution in [0.1, 0.15) is 68.6 Å². The van der Waals surface area contributed by atoms with Crippen LogP contribution in [-0.4, -0.2) is 0 Å². The molecule has 63 heavy (non-hydrogen) atoms. The predicted octanol–water partition coefficient (Wildman–Crippen LogP) is 18.0. The highest BCUT2D eigenvalue weighted by molar-refractivity contribution is 7.25. The molecule has 0 N–H and O–H groups in total. The molecule has 1 fully saturated rings. The van der Waals surface area contributed by atoms with Crippen LogP contribution in [0, 0.1) is 0 Å². The van der Waals surface area contributed by atoms with E-state index in [1.807, 2.05) is 11.3 Å². The molecule has 1 nitrogen and oxygen atoms in total. The minimum Gasteiger partial charge on any atom is -0.309 e. The highest BCUT2D eigenvalue weighted by Crippen LogP contribution is 2.53. The Labute approximate surface area is 374 Å². The van der Waals surface area contributed by atoms with Gasteiger partial charge in [0, 0.05) is 42.4 Å². The van der Waals surface area contributed by atoms with Crippen molar-refractivity contribution in [2.24, 2.45) is 0 Å². The molecule has 10 aromatic rings. The molecule has 0 saturated heterocycles. The lowest BCUT2D eigenvalue weighted by molar-refractivity contribution is 0.443. The van der Waals surface area contributed by atoms with Gasteiger partial charge in [-0.25, -0.2) is 0 Å². The summed E-state index contributed by atoms with van der Waals surface area (Å²) in [5.74, 6) is 0.684. The van der Waals surface area contributed by atoms with Gasteiger partial charge in [-0.2, -0.15) is 0 Å². The monoisotopic (exact) mass is 827 g/mol. The summed E-state index contributed by atoms with van der Waals surface area (Å²) in [6, 6.07) is 73.5. The average Bonchev–Trinajstić information content (AvgIpc) is 3.83. The van der Waals surface area contributed by atoms with Crippen molar-refractivity contribution in [1.82, 2.24) is 0 Å². The third-order valence-electron chi connectivity index (χ3n) is 14.3. The molecule has 2 aliphatic rings. The molecule has 0 unspecified atom stereocenters. The number of hydrogen-bond donors (Lipinski definition) is 0. The van der Waals surface area contributed by atoms with Crippen LogP contribution < -0.4 is 4.90 Å². The van der Waals surface area contributed by atoms with Crippen molar-refractivity contribution in [2.45, 2.75) is 57.3 Å². The van der Waals surface area contributed by atoms with Gasteiger partial charge < -0.3 is 4.90 Å². The topological polar surface area (TPSA) is 3.24 Å². The molecule has 304 valence electrons. The molecule has 1 heterocycles. The third kappa shape index (κ3) is 6.50. The first-order chi connectivity index (χ1) is 31.0. The van der Waals surface area contributed by atoms with Crippen molar-refractivity contribution >= 4 is 59.3 Å². The molecule has 0 amide bonds. The Hall–Kier alpha value is -6.74. The molecule has 1 aromatic heterocycles. The van der Waals surface area contributed by atoms with Crippen molar-refractivity contribution in [3.63, 3.8) is 0 Å². The summed E-state index contributed by atoms with van der Waals surface area (Å²) in [4.78, 5) is 2.56. The van der Waals surface area contributed by atoms with E-state index in [9.17, 15) is 0 Å². The normalized spacial score (nSPS) is 14.6. The molecule has 0 aliphatic heterocycles. The zero-order valence-electron chi connectivity index (χ0n) is 35.9. The van der Waals surface area contributed by atoms with Gasteiger partial charge in [0.2, 0.25) is 0 Å². The number of fused-ring (bicyclic) bond motifs is 7. The number of nitrogens with zero attached hydrogens (tertiary/aromatic N) is 1. The van der Waals surface area contributed by atoms with E-state index < -0.39 is 0 Å². The summed E-state index contributed by atoms with van der Waals surface area (Å²) in [7, 11) is 0. The minimum absolute atomic E-state index is 0.0908. The molecule has 2 heteroatoms. The van der Waals surface area contributed by atoms with Crippen LogP contribution in [-0.2, 0) is 5.41 Å². The maximum atomic E-state index is 2.56. The molecular formula is C61H49NS. The first-order valence-electron chi connectivity index (χ1n) is 22.8. The van der Waals surface area contributed by atoms with E-state index in [1.54, 1.807) is 0 Å². The van der Waals surface area contributed by atoms with Crippen molar-refractivity contribution in [3.8, 4) is 44.5 Å². The maximum absolute atomic E-state index is 2.56. The smallest absolute Gasteiger partial charge is 0.0546 e. The highest BCUT2D eigenvalue weighted by atomic mass is 32.1. The van der Waals surface area contributed by atoms with Crippen LogP contribution in [0.5, 0.6) is 0 Å². The van der Waals surface area contributed by atoms with Crippen molar-refractivity contribution < 1.29 is 0 Å². The maximum Gasteiger partial charge on any atom is 0.0546 e. The SMILES string of the molecule is CC1(C)c2ccccc2-c2cc(N(c3ccc(-c4ccc(C5CCCCC5)cc4)cc3-c3ccccc3)c3cc4ccccc4cc3-c3ccc4c(c3)sc3ccccc34)ccc21. The van der Waals surface area contributed by atoms with Gasteiger partial charge >= 0.3 is 0 Å². The van der Waals surface area contributed by atoms with Crippen molar-refractivity contribution in [1.29, 1.82) is 0 Å². The van der Waals surface area contributed by atoms with Crippen LogP contribution in [0.4, 0.5) is 17.1 Å². The minimum atomic E-state index is -0.0908. The van der Waals surface area contributed by atoms with Crippen LogP contribution in [0.15, 0.2) is 194 Å². The van der Waals surface area contributed by atoms with E-state index in [0.29, 0.717) is 5.92 Å². The standard InChI is InChI=1S/C61H49NS/c1-61(2)55-23-13-11-21-49(55)54-39-48(31-33-56(54)61)62(57-34-30-46(36-52(57)43-17-7-4-8-18-43)42-27-25-41(26-28-42)40-15-5-3-6-16-40)58-37-45-20-10-9-19-44(45)35-53(58)47-29-32-51-50-22-12-14-24-59(50)63-60(51)38-47/h4,7-14,17-40H,3,5-6,15-16H2,1-2H3. The fraction of sp³-hybridized carbons (Fsp3) is 0.148. The molecule has 1 saturated carbocycles. The van der Waals surface area contributed by atoms with E-state index in [-0.39, 0.29) is 5.41 Å². The lowest BCUT2D eigenvalue weighted by Gasteiger charge is -2.31. The number of hydrogen-bond acceptors (Lipinski definition) is 2. The molecule has 0 atom stereocenters. The van der Waals surface area contributed by atoms with Crippen LogP contribution in [0.25, 0.3) is 75.5 Å². The zero-order chi connectivity index (χ0) is 42.1. The second kappa shape index (κ2) is 15.3. The van der Waals surface area contributed by atoms with Gasteiger partial charge in [-0.05, 0) is 128 Å². The van der Waals surface area contributed by atoms with E-state index in [2.05, 4.69) is 213 Å².